The molecular formula is C13H16FNO2S. The third kappa shape index (κ3) is 2.84. The number of ether oxygens (including phenoxy) is 1. The fourth-order valence-electron chi connectivity index (χ4n) is 2.06. The molecule has 0 amide bonds. The fourth-order valence-corrected chi connectivity index (χ4v) is 3.22. The summed E-state index contributed by atoms with van der Waals surface area (Å²) < 4.78 is 17.7. The number of esters is 1. The fraction of sp³-hybridized carbons (Fsp3) is 0.462. The van der Waals surface area contributed by atoms with Gasteiger partial charge in [-0.05, 0) is 17.7 Å². The van der Waals surface area contributed by atoms with Gasteiger partial charge in [0.25, 0.3) is 0 Å². The van der Waals surface area contributed by atoms with Gasteiger partial charge in [0.2, 0.25) is 0 Å². The van der Waals surface area contributed by atoms with Gasteiger partial charge < -0.3 is 4.74 Å². The van der Waals surface area contributed by atoms with Gasteiger partial charge in [0.1, 0.15) is 11.9 Å². The van der Waals surface area contributed by atoms with E-state index < -0.39 is 0 Å². The van der Waals surface area contributed by atoms with Crippen molar-refractivity contribution in [1.82, 2.24) is 5.32 Å². The summed E-state index contributed by atoms with van der Waals surface area (Å²) in [5.41, 5.74) is 0.991. The molecule has 18 heavy (non-hydrogen) atoms. The third-order valence-electron chi connectivity index (χ3n) is 3.09. The van der Waals surface area contributed by atoms with E-state index in [1.165, 1.54) is 19.2 Å². The molecule has 3 atom stereocenters. The normalized spacial score (nSPS) is 27.8. The van der Waals surface area contributed by atoms with Gasteiger partial charge in [0.05, 0.1) is 7.11 Å². The van der Waals surface area contributed by atoms with Crippen LogP contribution in [-0.2, 0) is 9.53 Å². The Morgan fingerprint density at radius 1 is 1.44 bits per heavy atom. The van der Waals surface area contributed by atoms with Gasteiger partial charge in [-0.2, -0.15) is 11.8 Å². The van der Waals surface area contributed by atoms with E-state index in [4.69, 9.17) is 4.74 Å². The van der Waals surface area contributed by atoms with Crippen LogP contribution >= 0.6 is 11.8 Å². The molecule has 1 fully saturated rings. The van der Waals surface area contributed by atoms with Crippen molar-refractivity contribution in [3.8, 4) is 0 Å². The lowest BCUT2D eigenvalue weighted by Crippen LogP contribution is -2.48. The van der Waals surface area contributed by atoms with Crippen molar-refractivity contribution in [3.63, 3.8) is 0 Å². The van der Waals surface area contributed by atoms with E-state index in [1.54, 1.807) is 23.9 Å². The number of hydrogen-bond acceptors (Lipinski definition) is 4. The maximum Gasteiger partial charge on any atom is 0.323 e. The van der Waals surface area contributed by atoms with Crippen molar-refractivity contribution in [2.45, 2.75) is 24.3 Å². The van der Waals surface area contributed by atoms with Crippen molar-refractivity contribution in [3.05, 3.63) is 35.6 Å². The standard InChI is InChI=1S/C13H16FNO2S/c1-8-12(9-3-5-10(14)6-4-9)15-11(7-18-8)13(16)17-2/h3-6,8,11-12,15H,7H2,1-2H3. The molecule has 0 saturated carbocycles. The van der Waals surface area contributed by atoms with Crippen LogP contribution < -0.4 is 5.32 Å². The minimum Gasteiger partial charge on any atom is -0.468 e. The summed E-state index contributed by atoms with van der Waals surface area (Å²) >= 11 is 1.72. The second kappa shape index (κ2) is 5.71. The summed E-state index contributed by atoms with van der Waals surface area (Å²) in [5, 5.41) is 3.60. The molecule has 1 aromatic rings. The second-order valence-corrected chi connectivity index (χ2v) is 5.72. The molecule has 98 valence electrons. The molecule has 1 aliphatic heterocycles. The van der Waals surface area contributed by atoms with Gasteiger partial charge in [0, 0.05) is 17.0 Å². The van der Waals surface area contributed by atoms with Crippen molar-refractivity contribution in [2.75, 3.05) is 12.9 Å². The Balaban J connectivity index is 2.14. The van der Waals surface area contributed by atoms with Crippen LogP contribution in [0.1, 0.15) is 18.5 Å². The Morgan fingerprint density at radius 3 is 2.72 bits per heavy atom. The highest BCUT2D eigenvalue weighted by Crippen LogP contribution is 2.31. The molecule has 5 heteroatoms. The van der Waals surface area contributed by atoms with Crippen molar-refractivity contribution < 1.29 is 13.9 Å². The maximum atomic E-state index is 12.9. The average Bonchev–Trinajstić information content (AvgIpc) is 2.39. The van der Waals surface area contributed by atoms with E-state index in [1.807, 2.05) is 0 Å². The van der Waals surface area contributed by atoms with E-state index in [0.717, 1.165) is 5.56 Å². The molecular weight excluding hydrogens is 253 g/mol. The highest BCUT2D eigenvalue weighted by atomic mass is 32.2. The van der Waals surface area contributed by atoms with Crippen LogP contribution in [0.3, 0.4) is 0 Å². The number of rotatable bonds is 2. The first-order valence-electron chi connectivity index (χ1n) is 5.82. The van der Waals surface area contributed by atoms with Crippen molar-refractivity contribution in [2.24, 2.45) is 0 Å². The summed E-state index contributed by atoms with van der Waals surface area (Å²) in [7, 11) is 1.39. The predicted octanol–water partition coefficient (Wildman–Crippen LogP) is 2.13. The smallest absolute Gasteiger partial charge is 0.323 e. The molecule has 0 aromatic heterocycles. The highest BCUT2D eigenvalue weighted by Gasteiger charge is 2.32. The second-order valence-electron chi connectivity index (χ2n) is 4.31. The molecule has 3 unspecified atom stereocenters. The quantitative estimate of drug-likeness (QED) is 0.835. The molecule has 1 saturated heterocycles. The largest absolute Gasteiger partial charge is 0.468 e. The number of carbonyl (C=O) groups excluding carboxylic acids is 1. The monoisotopic (exact) mass is 269 g/mol. The lowest BCUT2D eigenvalue weighted by Gasteiger charge is -2.34. The lowest BCUT2D eigenvalue weighted by atomic mass is 10.0. The molecule has 1 aliphatic rings. The SMILES string of the molecule is COC(=O)C1CSC(C)C(c2ccc(F)cc2)N1. The van der Waals surface area contributed by atoms with Gasteiger partial charge in [-0.25, -0.2) is 4.39 Å². The molecule has 2 rings (SSSR count). The van der Waals surface area contributed by atoms with Crippen molar-refractivity contribution in [1.29, 1.82) is 0 Å². The summed E-state index contributed by atoms with van der Waals surface area (Å²) in [6.45, 7) is 2.10. The van der Waals surface area contributed by atoms with Crippen LogP contribution in [0.2, 0.25) is 0 Å². The molecule has 0 bridgehead atoms. The molecule has 3 nitrogen and oxygen atoms in total. The highest BCUT2D eigenvalue weighted by molar-refractivity contribution is 8.00. The van der Waals surface area contributed by atoms with Crippen LogP contribution in [0.4, 0.5) is 4.39 Å². The van der Waals surface area contributed by atoms with Gasteiger partial charge in [-0.1, -0.05) is 19.1 Å². The Labute approximate surface area is 110 Å². The van der Waals surface area contributed by atoms with Gasteiger partial charge in [0.15, 0.2) is 0 Å². The van der Waals surface area contributed by atoms with Crippen LogP contribution in [0, 0.1) is 5.82 Å². The first-order chi connectivity index (χ1) is 8.61. The first kappa shape index (κ1) is 13.4. The maximum absolute atomic E-state index is 12.9. The zero-order valence-corrected chi connectivity index (χ0v) is 11.2. The Kier molecular flexibility index (Phi) is 4.24. The van der Waals surface area contributed by atoms with Crippen molar-refractivity contribution >= 4 is 17.7 Å². The van der Waals surface area contributed by atoms with E-state index in [0.29, 0.717) is 11.0 Å². The molecule has 0 radical (unpaired) electrons. The molecule has 0 aliphatic carbocycles. The summed E-state index contributed by atoms with van der Waals surface area (Å²) in [4.78, 5) is 11.5. The molecule has 1 heterocycles. The zero-order valence-electron chi connectivity index (χ0n) is 10.4. The van der Waals surface area contributed by atoms with Crippen LogP contribution in [-0.4, -0.2) is 30.1 Å². The van der Waals surface area contributed by atoms with Crippen LogP contribution in [0.5, 0.6) is 0 Å². The molecule has 1 aromatic carbocycles. The topological polar surface area (TPSA) is 38.3 Å². The molecule has 1 N–H and O–H groups in total. The van der Waals surface area contributed by atoms with E-state index >= 15 is 0 Å². The molecule has 0 spiro atoms. The summed E-state index contributed by atoms with van der Waals surface area (Å²) in [5.74, 6) is 0.201. The Hall–Kier alpha value is -1.07. The van der Waals surface area contributed by atoms with Gasteiger partial charge >= 0.3 is 5.97 Å². The summed E-state index contributed by atoms with van der Waals surface area (Å²) in [6.07, 6.45) is 0. The minimum atomic E-state index is -0.300. The first-order valence-corrected chi connectivity index (χ1v) is 6.87. The number of methoxy groups -OCH3 is 1. The number of halogens is 1. The predicted molar refractivity (Wildman–Crippen MR) is 70.0 cm³/mol. The van der Waals surface area contributed by atoms with Gasteiger partial charge in [-0.15, -0.1) is 0 Å². The van der Waals surface area contributed by atoms with E-state index in [2.05, 4.69) is 12.2 Å². The number of thioether (sulfide) groups is 1. The number of nitrogens with one attached hydrogen (secondary N) is 1. The average molecular weight is 269 g/mol. The minimum absolute atomic E-state index is 0.0356. The lowest BCUT2D eigenvalue weighted by molar-refractivity contribution is -0.142. The Bertz CT molecular complexity index is 424. The number of carbonyl (C=O) groups is 1. The summed E-state index contributed by atoms with van der Waals surface area (Å²) in [6, 6.07) is 6.12. The zero-order chi connectivity index (χ0) is 13.1. The third-order valence-corrected chi connectivity index (χ3v) is 4.41. The van der Waals surface area contributed by atoms with E-state index in [9.17, 15) is 9.18 Å². The number of benzene rings is 1. The van der Waals surface area contributed by atoms with Gasteiger partial charge in [-0.3, -0.25) is 10.1 Å². The Morgan fingerprint density at radius 2 is 2.11 bits per heavy atom. The van der Waals surface area contributed by atoms with Crippen LogP contribution in [0.25, 0.3) is 0 Å². The van der Waals surface area contributed by atoms with Crippen LogP contribution in [0.15, 0.2) is 24.3 Å². The van der Waals surface area contributed by atoms with E-state index in [-0.39, 0.29) is 23.9 Å². The number of hydrogen-bond donors (Lipinski definition) is 1.